The van der Waals surface area contributed by atoms with Gasteiger partial charge in [0.1, 0.15) is 11.9 Å². The molecule has 0 radical (unpaired) electrons. The molecule has 0 spiro atoms. The van der Waals surface area contributed by atoms with Gasteiger partial charge in [-0.1, -0.05) is 0 Å². The minimum atomic E-state index is 0.0912. The molecule has 10 heteroatoms. The molecular formula is C28H32BrN7O2. The SMILES string of the molecule is N#Cc1cc2c(Br)c(NC3CCC(N4C5CCC4C(C(=O)N[C@H]4CCCn6nccc64)C5)CC3)ncc2o1. The van der Waals surface area contributed by atoms with Crippen molar-refractivity contribution in [2.45, 2.75) is 94.5 Å². The zero-order valence-electron chi connectivity index (χ0n) is 21.3. The van der Waals surface area contributed by atoms with Crippen molar-refractivity contribution in [2.24, 2.45) is 5.92 Å². The number of rotatable bonds is 5. The van der Waals surface area contributed by atoms with Crippen LogP contribution in [0.25, 0.3) is 11.0 Å². The summed E-state index contributed by atoms with van der Waals surface area (Å²) < 4.78 is 8.38. The molecule has 2 saturated heterocycles. The summed E-state index contributed by atoms with van der Waals surface area (Å²) in [5.41, 5.74) is 1.76. The zero-order valence-corrected chi connectivity index (χ0v) is 22.9. The lowest BCUT2D eigenvalue weighted by molar-refractivity contribution is -0.127. The van der Waals surface area contributed by atoms with E-state index in [0.29, 0.717) is 29.8 Å². The van der Waals surface area contributed by atoms with E-state index in [1.165, 1.54) is 6.42 Å². The summed E-state index contributed by atoms with van der Waals surface area (Å²) in [6.07, 6.45) is 13.3. The van der Waals surface area contributed by atoms with Crippen molar-refractivity contribution in [3.05, 3.63) is 40.5 Å². The molecule has 9 nitrogen and oxygen atoms in total. The molecule has 198 valence electrons. The molecule has 2 N–H and O–H groups in total. The number of aryl methyl sites for hydroxylation is 1. The predicted octanol–water partition coefficient (Wildman–Crippen LogP) is 4.89. The summed E-state index contributed by atoms with van der Waals surface area (Å²) in [6.45, 7) is 0.946. The van der Waals surface area contributed by atoms with E-state index < -0.39 is 0 Å². The number of pyridine rings is 1. The van der Waals surface area contributed by atoms with Crippen LogP contribution >= 0.6 is 15.9 Å². The molecule has 4 aliphatic rings. The molecular weight excluding hydrogens is 546 g/mol. The van der Waals surface area contributed by atoms with Crippen LogP contribution in [0.2, 0.25) is 0 Å². The number of aromatic nitrogens is 3. The highest BCUT2D eigenvalue weighted by atomic mass is 79.9. The fourth-order valence-corrected chi connectivity index (χ4v) is 8.10. The van der Waals surface area contributed by atoms with E-state index >= 15 is 0 Å². The number of amides is 1. The summed E-state index contributed by atoms with van der Waals surface area (Å²) >= 11 is 3.66. The van der Waals surface area contributed by atoms with Gasteiger partial charge in [-0.05, 0) is 79.8 Å². The first-order valence-electron chi connectivity index (χ1n) is 13.9. The van der Waals surface area contributed by atoms with Gasteiger partial charge in [0.25, 0.3) is 0 Å². The number of hydrogen-bond donors (Lipinski definition) is 2. The van der Waals surface area contributed by atoms with Gasteiger partial charge in [-0.15, -0.1) is 0 Å². The second kappa shape index (κ2) is 9.69. The second-order valence-electron chi connectivity index (χ2n) is 11.3. The third kappa shape index (κ3) is 4.11. The Morgan fingerprint density at radius 2 is 2.00 bits per heavy atom. The number of carbonyl (C=O) groups excluding carboxylic acids is 1. The van der Waals surface area contributed by atoms with Crippen LogP contribution in [0.15, 0.2) is 33.4 Å². The average Bonchev–Trinajstić information content (AvgIpc) is 3.73. The number of hydrogen-bond acceptors (Lipinski definition) is 7. The number of anilines is 1. The Hall–Kier alpha value is -2.90. The van der Waals surface area contributed by atoms with E-state index in [1.54, 1.807) is 12.3 Å². The van der Waals surface area contributed by atoms with Crippen molar-refractivity contribution in [1.29, 1.82) is 5.26 Å². The molecule has 4 atom stereocenters. The molecule has 3 aliphatic heterocycles. The summed E-state index contributed by atoms with van der Waals surface area (Å²) in [4.78, 5) is 20.7. The standard InChI is InChI=1S/C28H32BrN7O2/c29-26-21-13-19(14-30)38-25(21)15-31-27(26)33-16-3-5-17(6-4-16)36-18-7-8-23(36)20(12-18)28(37)34-22-2-1-11-35-24(22)9-10-32-35/h9-10,13,15-18,20,22-23H,1-8,11-12H2,(H,31,33)(H,34,37)/t16?,17?,18?,20?,22-,23?/m0/s1. The predicted molar refractivity (Wildman–Crippen MR) is 145 cm³/mol. The molecule has 3 aromatic rings. The normalized spacial score (nSPS) is 30.7. The maximum atomic E-state index is 13.5. The number of nitrogens with one attached hydrogen (secondary N) is 2. The minimum absolute atomic E-state index is 0.0912. The molecule has 1 aliphatic carbocycles. The molecule has 3 aromatic heterocycles. The van der Waals surface area contributed by atoms with Crippen molar-refractivity contribution in [2.75, 3.05) is 5.32 Å². The van der Waals surface area contributed by atoms with Gasteiger partial charge in [-0.25, -0.2) is 4.98 Å². The maximum Gasteiger partial charge on any atom is 0.225 e. The molecule has 1 saturated carbocycles. The number of fused-ring (bicyclic) bond motifs is 4. The van der Waals surface area contributed by atoms with Crippen LogP contribution in [0.1, 0.15) is 75.3 Å². The maximum absolute atomic E-state index is 13.5. The highest BCUT2D eigenvalue weighted by molar-refractivity contribution is 9.10. The number of nitrogens with zero attached hydrogens (tertiary/aromatic N) is 5. The lowest BCUT2D eigenvalue weighted by Gasteiger charge is -2.38. The van der Waals surface area contributed by atoms with Gasteiger partial charge in [0.2, 0.25) is 11.7 Å². The van der Waals surface area contributed by atoms with Crippen LogP contribution in [-0.2, 0) is 11.3 Å². The highest BCUT2D eigenvalue weighted by Gasteiger charge is 2.51. The fraction of sp³-hybridized carbons (Fsp3) is 0.571. The third-order valence-corrected chi connectivity index (χ3v) is 10.1. The number of carbonyl (C=O) groups is 1. The molecule has 3 fully saturated rings. The Morgan fingerprint density at radius 1 is 1.16 bits per heavy atom. The number of nitriles is 1. The van der Waals surface area contributed by atoms with E-state index in [9.17, 15) is 4.79 Å². The van der Waals surface area contributed by atoms with Gasteiger partial charge in [0.15, 0.2) is 5.58 Å². The largest absolute Gasteiger partial charge is 0.444 e. The lowest BCUT2D eigenvalue weighted by atomic mass is 9.87. The lowest BCUT2D eigenvalue weighted by Crippen LogP contribution is -2.46. The van der Waals surface area contributed by atoms with Gasteiger partial charge in [-0.2, -0.15) is 10.4 Å². The monoisotopic (exact) mass is 577 g/mol. The second-order valence-corrected chi connectivity index (χ2v) is 12.1. The van der Waals surface area contributed by atoms with Crippen molar-refractivity contribution < 1.29 is 9.21 Å². The van der Waals surface area contributed by atoms with Crippen molar-refractivity contribution in [3.8, 4) is 6.07 Å². The summed E-state index contributed by atoms with van der Waals surface area (Å²) in [5.74, 6) is 1.43. The number of furan rings is 1. The average molecular weight is 579 g/mol. The summed E-state index contributed by atoms with van der Waals surface area (Å²) in [6, 6.07) is 7.75. The third-order valence-electron chi connectivity index (χ3n) is 9.30. The van der Waals surface area contributed by atoms with E-state index in [4.69, 9.17) is 9.68 Å². The quantitative estimate of drug-likeness (QED) is 0.444. The Kier molecular flexibility index (Phi) is 6.16. The highest BCUT2D eigenvalue weighted by Crippen LogP contribution is 2.46. The smallest absolute Gasteiger partial charge is 0.225 e. The van der Waals surface area contributed by atoms with Crippen molar-refractivity contribution in [3.63, 3.8) is 0 Å². The molecule has 7 rings (SSSR count). The molecule has 2 bridgehead atoms. The van der Waals surface area contributed by atoms with Gasteiger partial charge >= 0.3 is 0 Å². The summed E-state index contributed by atoms with van der Waals surface area (Å²) in [5, 5.41) is 21.4. The van der Waals surface area contributed by atoms with Gasteiger partial charge in [-0.3, -0.25) is 14.4 Å². The molecule has 6 heterocycles. The molecule has 0 aromatic carbocycles. The van der Waals surface area contributed by atoms with Crippen LogP contribution < -0.4 is 10.6 Å². The zero-order chi connectivity index (χ0) is 25.8. The van der Waals surface area contributed by atoms with E-state index in [-0.39, 0.29) is 23.6 Å². The fourth-order valence-electron chi connectivity index (χ4n) is 7.57. The van der Waals surface area contributed by atoms with Crippen molar-refractivity contribution in [1.82, 2.24) is 25.0 Å². The van der Waals surface area contributed by atoms with E-state index in [2.05, 4.69) is 53.7 Å². The first kappa shape index (κ1) is 24.2. The van der Waals surface area contributed by atoms with Crippen LogP contribution in [0, 0.1) is 17.2 Å². The molecule has 38 heavy (non-hydrogen) atoms. The first-order chi connectivity index (χ1) is 18.6. The summed E-state index contributed by atoms with van der Waals surface area (Å²) in [7, 11) is 0. The molecule has 3 unspecified atom stereocenters. The number of halogens is 1. The Bertz CT molecular complexity index is 1400. The van der Waals surface area contributed by atoms with Crippen LogP contribution in [0.5, 0.6) is 0 Å². The van der Waals surface area contributed by atoms with Crippen LogP contribution in [0.4, 0.5) is 5.82 Å². The van der Waals surface area contributed by atoms with Crippen LogP contribution in [-0.4, -0.2) is 49.7 Å². The Morgan fingerprint density at radius 3 is 2.84 bits per heavy atom. The van der Waals surface area contributed by atoms with Gasteiger partial charge in [0, 0.05) is 48.4 Å². The van der Waals surface area contributed by atoms with Crippen molar-refractivity contribution >= 4 is 38.6 Å². The van der Waals surface area contributed by atoms with Gasteiger partial charge in [0.05, 0.1) is 28.3 Å². The Labute approximate surface area is 230 Å². The Balaban J connectivity index is 0.973. The van der Waals surface area contributed by atoms with Crippen LogP contribution in [0.3, 0.4) is 0 Å². The van der Waals surface area contributed by atoms with E-state index in [0.717, 1.165) is 79.3 Å². The molecule has 1 amide bonds. The first-order valence-corrected chi connectivity index (χ1v) is 14.7. The minimum Gasteiger partial charge on any atom is -0.444 e. The van der Waals surface area contributed by atoms with E-state index in [1.807, 2.05) is 10.9 Å². The topological polar surface area (TPSA) is 112 Å². The van der Waals surface area contributed by atoms with Gasteiger partial charge < -0.3 is 15.1 Å².